The lowest BCUT2D eigenvalue weighted by Crippen LogP contribution is -1.87. The number of hydrogen-bond acceptors (Lipinski definition) is 3. The third-order valence-corrected chi connectivity index (χ3v) is 3.62. The third kappa shape index (κ3) is 2.80. The standard InChI is InChI=1S/C15H11FN2S/c16-12-8-6-11(7-9-12)14-10-17-15(19-14)18-13-4-2-1-3-5-13/h1-10H,(H,17,18). The van der Waals surface area contributed by atoms with Gasteiger partial charge in [-0.25, -0.2) is 9.37 Å². The largest absolute Gasteiger partial charge is 0.332 e. The maximum absolute atomic E-state index is 12.9. The Hall–Kier alpha value is -2.20. The Bertz CT molecular complexity index is 662. The molecule has 1 N–H and O–H groups in total. The van der Waals surface area contributed by atoms with Crippen molar-refractivity contribution in [3.63, 3.8) is 0 Å². The Morgan fingerprint density at radius 2 is 1.68 bits per heavy atom. The Morgan fingerprint density at radius 1 is 0.947 bits per heavy atom. The van der Waals surface area contributed by atoms with Crippen LogP contribution in [0.2, 0.25) is 0 Å². The van der Waals surface area contributed by atoms with Crippen LogP contribution in [-0.4, -0.2) is 4.98 Å². The van der Waals surface area contributed by atoms with Gasteiger partial charge in [0, 0.05) is 11.9 Å². The van der Waals surface area contributed by atoms with Gasteiger partial charge in [-0.1, -0.05) is 41.7 Å². The van der Waals surface area contributed by atoms with Gasteiger partial charge >= 0.3 is 0 Å². The van der Waals surface area contributed by atoms with Crippen molar-refractivity contribution in [2.45, 2.75) is 0 Å². The van der Waals surface area contributed by atoms with Crippen LogP contribution in [0.15, 0.2) is 60.8 Å². The summed E-state index contributed by atoms with van der Waals surface area (Å²) in [6.45, 7) is 0. The number of halogens is 1. The first-order valence-corrected chi connectivity index (χ1v) is 6.67. The second kappa shape index (κ2) is 5.20. The molecule has 3 rings (SSSR count). The number of benzene rings is 2. The number of nitrogens with one attached hydrogen (secondary N) is 1. The predicted molar refractivity (Wildman–Crippen MR) is 77.2 cm³/mol. The molecule has 0 radical (unpaired) electrons. The zero-order valence-electron chi connectivity index (χ0n) is 10.0. The molecule has 0 amide bonds. The molecule has 0 aliphatic rings. The molecule has 1 aromatic heterocycles. The average Bonchev–Trinajstić information content (AvgIpc) is 2.89. The second-order valence-corrected chi connectivity index (χ2v) is 5.06. The monoisotopic (exact) mass is 270 g/mol. The topological polar surface area (TPSA) is 24.9 Å². The van der Waals surface area contributed by atoms with Gasteiger partial charge < -0.3 is 5.32 Å². The van der Waals surface area contributed by atoms with E-state index in [2.05, 4.69) is 10.3 Å². The fourth-order valence-electron chi connectivity index (χ4n) is 1.72. The SMILES string of the molecule is Fc1ccc(-c2cnc(Nc3ccccc3)s2)cc1. The number of thiazole rings is 1. The molecule has 0 fully saturated rings. The van der Waals surface area contributed by atoms with Crippen LogP contribution >= 0.6 is 11.3 Å². The van der Waals surface area contributed by atoms with E-state index in [-0.39, 0.29) is 5.82 Å². The molecular formula is C15H11FN2S. The average molecular weight is 270 g/mol. The van der Waals surface area contributed by atoms with Crippen LogP contribution in [0.4, 0.5) is 15.2 Å². The minimum atomic E-state index is -0.226. The zero-order chi connectivity index (χ0) is 13.1. The van der Waals surface area contributed by atoms with E-state index >= 15 is 0 Å². The summed E-state index contributed by atoms with van der Waals surface area (Å²) in [7, 11) is 0. The lowest BCUT2D eigenvalue weighted by Gasteiger charge is -2.00. The summed E-state index contributed by atoms with van der Waals surface area (Å²) in [6, 6.07) is 16.3. The summed E-state index contributed by atoms with van der Waals surface area (Å²) < 4.78 is 12.9. The number of rotatable bonds is 3. The van der Waals surface area contributed by atoms with Gasteiger partial charge in [0.05, 0.1) is 4.88 Å². The number of aromatic nitrogens is 1. The Labute approximate surface area is 114 Å². The highest BCUT2D eigenvalue weighted by Crippen LogP contribution is 2.30. The van der Waals surface area contributed by atoms with Crippen molar-refractivity contribution in [1.29, 1.82) is 0 Å². The highest BCUT2D eigenvalue weighted by atomic mass is 32.1. The van der Waals surface area contributed by atoms with Crippen LogP contribution in [0.1, 0.15) is 0 Å². The van der Waals surface area contributed by atoms with Gasteiger partial charge in [-0.15, -0.1) is 0 Å². The fourth-order valence-corrected chi connectivity index (χ4v) is 2.57. The van der Waals surface area contributed by atoms with Gasteiger partial charge in [-0.2, -0.15) is 0 Å². The lowest BCUT2D eigenvalue weighted by molar-refractivity contribution is 0.628. The second-order valence-electron chi connectivity index (χ2n) is 4.03. The van der Waals surface area contributed by atoms with Crippen molar-refractivity contribution in [3.8, 4) is 10.4 Å². The molecule has 0 saturated heterocycles. The molecule has 2 aromatic carbocycles. The molecular weight excluding hydrogens is 259 g/mol. The van der Waals surface area contributed by atoms with E-state index in [9.17, 15) is 4.39 Å². The molecule has 0 aliphatic carbocycles. The van der Waals surface area contributed by atoms with Crippen molar-refractivity contribution >= 4 is 22.2 Å². The van der Waals surface area contributed by atoms with Crippen LogP contribution in [0.5, 0.6) is 0 Å². The Morgan fingerprint density at radius 3 is 2.42 bits per heavy atom. The minimum Gasteiger partial charge on any atom is -0.332 e. The molecule has 0 unspecified atom stereocenters. The van der Waals surface area contributed by atoms with E-state index in [4.69, 9.17) is 0 Å². The van der Waals surface area contributed by atoms with Gasteiger partial charge in [0.25, 0.3) is 0 Å². The van der Waals surface area contributed by atoms with Crippen LogP contribution in [-0.2, 0) is 0 Å². The molecule has 0 spiro atoms. The Balaban J connectivity index is 1.82. The summed E-state index contributed by atoms with van der Waals surface area (Å²) in [6.07, 6.45) is 1.79. The first-order valence-electron chi connectivity index (χ1n) is 5.85. The number of para-hydroxylation sites is 1. The molecule has 3 aromatic rings. The van der Waals surface area contributed by atoms with E-state index in [0.29, 0.717) is 0 Å². The van der Waals surface area contributed by atoms with Crippen LogP contribution < -0.4 is 5.32 Å². The van der Waals surface area contributed by atoms with E-state index in [0.717, 1.165) is 21.3 Å². The smallest absolute Gasteiger partial charge is 0.187 e. The summed E-state index contributed by atoms with van der Waals surface area (Å²) in [4.78, 5) is 5.34. The Kier molecular flexibility index (Phi) is 3.25. The molecule has 0 aliphatic heterocycles. The van der Waals surface area contributed by atoms with E-state index in [1.807, 2.05) is 30.3 Å². The minimum absolute atomic E-state index is 0.226. The van der Waals surface area contributed by atoms with Crippen molar-refractivity contribution in [2.24, 2.45) is 0 Å². The number of hydrogen-bond donors (Lipinski definition) is 1. The number of nitrogens with zero attached hydrogens (tertiary/aromatic N) is 1. The summed E-state index contributed by atoms with van der Waals surface area (Å²) >= 11 is 1.54. The maximum Gasteiger partial charge on any atom is 0.187 e. The van der Waals surface area contributed by atoms with Crippen LogP contribution in [0.3, 0.4) is 0 Å². The van der Waals surface area contributed by atoms with E-state index in [1.54, 1.807) is 29.7 Å². The number of anilines is 2. The summed E-state index contributed by atoms with van der Waals surface area (Å²) in [5.41, 5.74) is 1.97. The fraction of sp³-hybridized carbons (Fsp3) is 0. The van der Waals surface area contributed by atoms with Crippen LogP contribution in [0, 0.1) is 5.82 Å². The van der Waals surface area contributed by atoms with E-state index < -0.39 is 0 Å². The molecule has 94 valence electrons. The molecule has 19 heavy (non-hydrogen) atoms. The normalized spacial score (nSPS) is 10.4. The molecule has 0 bridgehead atoms. The molecule has 0 saturated carbocycles. The zero-order valence-corrected chi connectivity index (χ0v) is 10.8. The van der Waals surface area contributed by atoms with Crippen molar-refractivity contribution in [1.82, 2.24) is 4.98 Å². The third-order valence-electron chi connectivity index (χ3n) is 2.66. The molecule has 4 heteroatoms. The van der Waals surface area contributed by atoms with Gasteiger partial charge in [0.1, 0.15) is 5.82 Å². The predicted octanol–water partition coefficient (Wildman–Crippen LogP) is 4.69. The van der Waals surface area contributed by atoms with Crippen molar-refractivity contribution in [2.75, 3.05) is 5.32 Å². The van der Waals surface area contributed by atoms with Gasteiger partial charge in [-0.05, 0) is 29.8 Å². The first kappa shape index (κ1) is 11.9. The summed E-state index contributed by atoms with van der Waals surface area (Å²) in [5.74, 6) is -0.226. The van der Waals surface area contributed by atoms with Gasteiger partial charge in [-0.3, -0.25) is 0 Å². The van der Waals surface area contributed by atoms with Gasteiger partial charge in [0.2, 0.25) is 0 Å². The highest BCUT2D eigenvalue weighted by molar-refractivity contribution is 7.18. The van der Waals surface area contributed by atoms with Crippen LogP contribution in [0.25, 0.3) is 10.4 Å². The first-order chi connectivity index (χ1) is 9.31. The summed E-state index contributed by atoms with van der Waals surface area (Å²) in [5, 5.41) is 4.06. The molecule has 0 atom stereocenters. The quantitative estimate of drug-likeness (QED) is 0.746. The van der Waals surface area contributed by atoms with Gasteiger partial charge in [0.15, 0.2) is 5.13 Å². The highest BCUT2D eigenvalue weighted by Gasteiger charge is 2.04. The maximum atomic E-state index is 12.9. The van der Waals surface area contributed by atoms with Crippen molar-refractivity contribution < 1.29 is 4.39 Å². The lowest BCUT2D eigenvalue weighted by atomic mass is 10.2. The molecule has 1 heterocycles. The van der Waals surface area contributed by atoms with Crippen molar-refractivity contribution in [3.05, 3.63) is 66.6 Å². The molecule has 2 nitrogen and oxygen atoms in total. The van der Waals surface area contributed by atoms with E-state index in [1.165, 1.54) is 12.1 Å².